The molecule has 1 saturated carbocycles. The Kier molecular flexibility index (Phi) is 5.87. The first-order valence-electron chi connectivity index (χ1n) is 7.80. The number of hydrogen-bond donors (Lipinski definition) is 1. The lowest BCUT2D eigenvalue weighted by Gasteiger charge is -2.22. The van der Waals surface area contributed by atoms with Crippen molar-refractivity contribution < 1.29 is 0 Å². The molecule has 1 N–H and O–H groups in total. The van der Waals surface area contributed by atoms with Crippen molar-refractivity contribution in [3.05, 3.63) is 35.9 Å². The van der Waals surface area contributed by atoms with Gasteiger partial charge in [-0.2, -0.15) is 0 Å². The second-order valence-electron chi connectivity index (χ2n) is 5.77. The smallest absolute Gasteiger partial charge is 0.0320 e. The summed E-state index contributed by atoms with van der Waals surface area (Å²) in [7, 11) is 2.25. The molecule has 2 heteroatoms. The van der Waals surface area contributed by atoms with Gasteiger partial charge in [-0.05, 0) is 31.9 Å². The fraction of sp³-hybridized carbons (Fsp3) is 0.647. The molecule has 1 fully saturated rings. The summed E-state index contributed by atoms with van der Waals surface area (Å²) in [6.07, 6.45) is 6.61. The SMILES string of the molecule is CCCCC(NCCN(C)C1CC1)c1ccccc1. The maximum atomic E-state index is 3.74. The van der Waals surface area contributed by atoms with Gasteiger partial charge in [-0.1, -0.05) is 50.1 Å². The van der Waals surface area contributed by atoms with E-state index in [0.717, 1.165) is 12.6 Å². The van der Waals surface area contributed by atoms with Crippen molar-refractivity contribution in [3.63, 3.8) is 0 Å². The molecule has 1 unspecified atom stereocenters. The second-order valence-corrected chi connectivity index (χ2v) is 5.77. The summed E-state index contributed by atoms with van der Waals surface area (Å²) in [5, 5.41) is 3.74. The maximum Gasteiger partial charge on any atom is 0.0320 e. The van der Waals surface area contributed by atoms with Crippen LogP contribution in [0.1, 0.15) is 50.6 Å². The molecular formula is C17H28N2. The minimum absolute atomic E-state index is 0.522. The molecule has 0 heterocycles. The Balaban J connectivity index is 1.79. The molecule has 0 saturated heterocycles. The van der Waals surface area contributed by atoms with E-state index >= 15 is 0 Å². The van der Waals surface area contributed by atoms with Gasteiger partial charge in [0.2, 0.25) is 0 Å². The summed E-state index contributed by atoms with van der Waals surface area (Å²) < 4.78 is 0. The van der Waals surface area contributed by atoms with E-state index in [4.69, 9.17) is 0 Å². The van der Waals surface area contributed by atoms with Crippen LogP contribution in [0.15, 0.2) is 30.3 Å². The van der Waals surface area contributed by atoms with Crippen LogP contribution >= 0.6 is 0 Å². The van der Waals surface area contributed by atoms with E-state index < -0.39 is 0 Å². The Morgan fingerprint density at radius 1 is 1.26 bits per heavy atom. The Hall–Kier alpha value is -0.860. The van der Waals surface area contributed by atoms with Gasteiger partial charge in [0, 0.05) is 25.2 Å². The van der Waals surface area contributed by atoms with Crippen LogP contribution in [0.4, 0.5) is 0 Å². The normalized spacial score (nSPS) is 16.8. The van der Waals surface area contributed by atoms with Gasteiger partial charge in [0.05, 0.1) is 0 Å². The number of nitrogens with zero attached hydrogens (tertiary/aromatic N) is 1. The number of nitrogens with one attached hydrogen (secondary N) is 1. The molecule has 0 amide bonds. The van der Waals surface area contributed by atoms with Crippen LogP contribution in [0.3, 0.4) is 0 Å². The van der Waals surface area contributed by atoms with Crippen molar-refractivity contribution in [2.24, 2.45) is 0 Å². The zero-order chi connectivity index (χ0) is 13.5. The predicted octanol–water partition coefficient (Wildman–Crippen LogP) is 3.60. The van der Waals surface area contributed by atoms with Gasteiger partial charge in [-0.25, -0.2) is 0 Å². The van der Waals surface area contributed by atoms with E-state index in [1.54, 1.807) is 0 Å². The van der Waals surface area contributed by atoms with Gasteiger partial charge < -0.3 is 10.2 Å². The molecule has 0 radical (unpaired) electrons. The third-order valence-electron chi connectivity index (χ3n) is 4.07. The number of rotatable bonds is 9. The third kappa shape index (κ3) is 4.96. The van der Waals surface area contributed by atoms with E-state index in [-0.39, 0.29) is 0 Å². The molecule has 1 aromatic rings. The monoisotopic (exact) mass is 260 g/mol. The molecule has 1 atom stereocenters. The van der Waals surface area contributed by atoms with E-state index in [0.29, 0.717) is 6.04 Å². The molecule has 2 rings (SSSR count). The van der Waals surface area contributed by atoms with Gasteiger partial charge in [-0.15, -0.1) is 0 Å². The quantitative estimate of drug-likeness (QED) is 0.730. The molecule has 0 aromatic heterocycles. The van der Waals surface area contributed by atoms with Gasteiger partial charge in [0.15, 0.2) is 0 Å². The number of unbranched alkanes of at least 4 members (excludes halogenated alkanes) is 1. The zero-order valence-corrected chi connectivity index (χ0v) is 12.4. The molecule has 0 bridgehead atoms. The van der Waals surface area contributed by atoms with Crippen LogP contribution in [-0.4, -0.2) is 31.1 Å². The van der Waals surface area contributed by atoms with Crippen LogP contribution < -0.4 is 5.32 Å². The lowest BCUT2D eigenvalue weighted by molar-refractivity contribution is 0.312. The van der Waals surface area contributed by atoms with Gasteiger partial charge in [0.1, 0.15) is 0 Å². The van der Waals surface area contributed by atoms with Crippen LogP contribution in [0, 0.1) is 0 Å². The largest absolute Gasteiger partial charge is 0.309 e. The van der Waals surface area contributed by atoms with E-state index in [1.807, 2.05) is 0 Å². The molecule has 0 spiro atoms. The van der Waals surface area contributed by atoms with E-state index in [2.05, 4.69) is 54.5 Å². The third-order valence-corrected chi connectivity index (χ3v) is 4.07. The molecule has 19 heavy (non-hydrogen) atoms. The summed E-state index contributed by atoms with van der Waals surface area (Å²) in [5.74, 6) is 0. The second kappa shape index (κ2) is 7.66. The van der Waals surface area contributed by atoms with Crippen molar-refractivity contribution in [3.8, 4) is 0 Å². The topological polar surface area (TPSA) is 15.3 Å². The first kappa shape index (κ1) is 14.5. The highest BCUT2D eigenvalue weighted by Crippen LogP contribution is 2.25. The Bertz CT molecular complexity index is 346. The van der Waals surface area contributed by atoms with Gasteiger partial charge in [-0.3, -0.25) is 0 Å². The summed E-state index contributed by atoms with van der Waals surface area (Å²) in [5.41, 5.74) is 1.44. The Morgan fingerprint density at radius 2 is 2.00 bits per heavy atom. The van der Waals surface area contributed by atoms with Crippen molar-refractivity contribution in [1.29, 1.82) is 0 Å². The van der Waals surface area contributed by atoms with Crippen molar-refractivity contribution in [2.45, 2.75) is 51.1 Å². The summed E-state index contributed by atoms with van der Waals surface area (Å²) >= 11 is 0. The zero-order valence-electron chi connectivity index (χ0n) is 12.4. The highest BCUT2D eigenvalue weighted by atomic mass is 15.2. The lowest BCUT2D eigenvalue weighted by atomic mass is 10.0. The standard InChI is InChI=1S/C17H28N2/c1-3-4-10-17(15-8-6-5-7-9-15)18-13-14-19(2)16-11-12-16/h5-9,16-18H,3-4,10-14H2,1-2H3. The summed E-state index contributed by atoms with van der Waals surface area (Å²) in [6.45, 7) is 4.53. The fourth-order valence-corrected chi connectivity index (χ4v) is 2.59. The highest BCUT2D eigenvalue weighted by molar-refractivity contribution is 5.18. The Morgan fingerprint density at radius 3 is 2.63 bits per heavy atom. The minimum atomic E-state index is 0.522. The first-order chi connectivity index (χ1) is 9.31. The van der Waals surface area contributed by atoms with Crippen molar-refractivity contribution in [2.75, 3.05) is 20.1 Å². The molecule has 1 aromatic carbocycles. The van der Waals surface area contributed by atoms with Crippen LogP contribution in [0.2, 0.25) is 0 Å². The van der Waals surface area contributed by atoms with E-state index in [1.165, 1.54) is 44.2 Å². The highest BCUT2D eigenvalue weighted by Gasteiger charge is 2.25. The van der Waals surface area contributed by atoms with Crippen molar-refractivity contribution in [1.82, 2.24) is 10.2 Å². The van der Waals surface area contributed by atoms with Gasteiger partial charge in [0.25, 0.3) is 0 Å². The molecule has 2 nitrogen and oxygen atoms in total. The average Bonchev–Trinajstić information content (AvgIpc) is 3.28. The molecule has 1 aliphatic rings. The van der Waals surface area contributed by atoms with E-state index in [9.17, 15) is 0 Å². The molecular weight excluding hydrogens is 232 g/mol. The fourth-order valence-electron chi connectivity index (χ4n) is 2.59. The number of hydrogen-bond acceptors (Lipinski definition) is 2. The number of likely N-dealkylation sites (N-methyl/N-ethyl adjacent to an activating group) is 1. The molecule has 0 aliphatic heterocycles. The van der Waals surface area contributed by atoms with Crippen LogP contribution in [-0.2, 0) is 0 Å². The predicted molar refractivity (Wildman–Crippen MR) is 82.4 cm³/mol. The van der Waals surface area contributed by atoms with Crippen molar-refractivity contribution >= 4 is 0 Å². The minimum Gasteiger partial charge on any atom is -0.309 e. The molecule has 106 valence electrons. The maximum absolute atomic E-state index is 3.74. The summed E-state index contributed by atoms with van der Waals surface area (Å²) in [4.78, 5) is 2.49. The van der Waals surface area contributed by atoms with Crippen LogP contribution in [0.5, 0.6) is 0 Å². The first-order valence-corrected chi connectivity index (χ1v) is 7.80. The van der Waals surface area contributed by atoms with Crippen LogP contribution in [0.25, 0.3) is 0 Å². The Labute approximate surface area is 118 Å². The molecule has 1 aliphatic carbocycles. The summed E-state index contributed by atoms with van der Waals surface area (Å²) in [6, 6.07) is 12.3. The lowest BCUT2D eigenvalue weighted by Crippen LogP contribution is -2.32. The number of benzene rings is 1. The van der Waals surface area contributed by atoms with Gasteiger partial charge >= 0.3 is 0 Å². The average molecular weight is 260 g/mol.